The highest BCUT2D eigenvalue weighted by molar-refractivity contribution is 6.04. The molecule has 2 N–H and O–H groups in total. The number of hydrogen-bond acceptors (Lipinski definition) is 5. The van der Waals surface area contributed by atoms with E-state index in [1.807, 2.05) is 30.3 Å². The maximum atomic E-state index is 12.5. The van der Waals surface area contributed by atoms with Crippen LogP contribution in [-0.2, 0) is 16.1 Å². The molecule has 2 aliphatic rings. The van der Waals surface area contributed by atoms with Crippen LogP contribution >= 0.6 is 0 Å². The number of nitrogens with zero attached hydrogens (tertiary/aromatic N) is 2. The van der Waals surface area contributed by atoms with Gasteiger partial charge in [-0.3, -0.25) is 9.59 Å². The van der Waals surface area contributed by atoms with Crippen molar-refractivity contribution in [1.29, 1.82) is 0 Å². The Balaban J connectivity index is 1.53. The average molecular weight is 366 g/mol. The Labute approximate surface area is 157 Å². The van der Waals surface area contributed by atoms with Gasteiger partial charge in [0.15, 0.2) is 5.82 Å². The van der Waals surface area contributed by atoms with Gasteiger partial charge in [0.25, 0.3) is 5.91 Å². The summed E-state index contributed by atoms with van der Waals surface area (Å²) in [7, 11) is 0. The summed E-state index contributed by atoms with van der Waals surface area (Å²) in [5.74, 6) is 0.352. The van der Waals surface area contributed by atoms with Crippen LogP contribution in [0.3, 0.4) is 0 Å². The lowest BCUT2D eigenvalue weighted by molar-refractivity contribution is -0.117. The molecule has 1 saturated heterocycles. The minimum absolute atomic E-state index is 0.0509. The van der Waals surface area contributed by atoms with E-state index in [0.29, 0.717) is 30.2 Å². The number of benzene rings is 1. The van der Waals surface area contributed by atoms with Gasteiger partial charge in [0.2, 0.25) is 5.91 Å². The van der Waals surface area contributed by atoms with E-state index in [1.165, 1.54) is 6.20 Å². The Morgan fingerprint density at radius 2 is 2.19 bits per heavy atom. The van der Waals surface area contributed by atoms with Crippen LogP contribution in [0, 0.1) is 0 Å². The molecule has 1 atom stereocenters. The summed E-state index contributed by atoms with van der Waals surface area (Å²) in [4.78, 5) is 31.0. The summed E-state index contributed by atoms with van der Waals surface area (Å²) >= 11 is 0. The average Bonchev–Trinajstić information content (AvgIpc) is 3.22. The zero-order valence-electron chi connectivity index (χ0n) is 15.0. The van der Waals surface area contributed by atoms with E-state index in [1.54, 1.807) is 11.0 Å². The second-order valence-electron chi connectivity index (χ2n) is 6.76. The van der Waals surface area contributed by atoms with Crippen molar-refractivity contribution in [2.45, 2.75) is 25.5 Å². The number of pyridine rings is 1. The third-order valence-electron chi connectivity index (χ3n) is 4.83. The first-order valence-electron chi connectivity index (χ1n) is 9.19. The van der Waals surface area contributed by atoms with Crippen LogP contribution in [0.1, 0.15) is 28.8 Å². The summed E-state index contributed by atoms with van der Waals surface area (Å²) in [6.45, 7) is 1.87. The monoisotopic (exact) mass is 366 g/mol. The summed E-state index contributed by atoms with van der Waals surface area (Å²) < 4.78 is 5.53. The Bertz CT molecular complexity index is 834. The van der Waals surface area contributed by atoms with Crippen molar-refractivity contribution in [1.82, 2.24) is 10.3 Å². The van der Waals surface area contributed by atoms with Crippen molar-refractivity contribution in [3.63, 3.8) is 0 Å². The fourth-order valence-electron chi connectivity index (χ4n) is 3.36. The van der Waals surface area contributed by atoms with Crippen molar-refractivity contribution < 1.29 is 14.3 Å². The van der Waals surface area contributed by atoms with E-state index in [-0.39, 0.29) is 24.5 Å². The number of carbonyl (C=O) groups is 2. The lowest BCUT2D eigenvalue weighted by Gasteiger charge is -2.29. The fourth-order valence-corrected chi connectivity index (χ4v) is 3.36. The maximum Gasteiger partial charge on any atom is 0.253 e. The molecule has 0 bridgehead atoms. The number of rotatable bonds is 5. The molecule has 0 radical (unpaired) electrons. The summed E-state index contributed by atoms with van der Waals surface area (Å²) in [5, 5.41) is 5.91. The molecule has 2 aliphatic heterocycles. The number of amides is 2. The topological polar surface area (TPSA) is 83.6 Å². The molecular weight excluding hydrogens is 344 g/mol. The summed E-state index contributed by atoms with van der Waals surface area (Å²) in [6.07, 6.45) is 3.61. The third-order valence-corrected chi connectivity index (χ3v) is 4.83. The van der Waals surface area contributed by atoms with Crippen molar-refractivity contribution >= 4 is 23.3 Å². The van der Waals surface area contributed by atoms with Gasteiger partial charge in [-0.2, -0.15) is 0 Å². The Morgan fingerprint density at radius 1 is 1.33 bits per heavy atom. The molecule has 2 aromatic rings. The largest absolute Gasteiger partial charge is 0.376 e. The normalized spacial score (nSPS) is 18.7. The number of fused-ring (bicyclic) bond motifs is 1. The van der Waals surface area contributed by atoms with Crippen molar-refractivity contribution in [3.05, 3.63) is 53.7 Å². The van der Waals surface area contributed by atoms with Gasteiger partial charge in [-0.05, 0) is 24.5 Å². The molecule has 1 unspecified atom stereocenters. The van der Waals surface area contributed by atoms with Gasteiger partial charge in [-0.15, -0.1) is 0 Å². The number of carbonyl (C=O) groups excluding carboxylic acids is 2. The van der Waals surface area contributed by atoms with Gasteiger partial charge in [0.05, 0.1) is 30.4 Å². The molecule has 7 heteroatoms. The molecule has 140 valence electrons. The van der Waals surface area contributed by atoms with Gasteiger partial charge >= 0.3 is 0 Å². The van der Waals surface area contributed by atoms with E-state index in [0.717, 1.165) is 25.0 Å². The van der Waals surface area contributed by atoms with Crippen LogP contribution in [0.2, 0.25) is 0 Å². The minimum Gasteiger partial charge on any atom is -0.376 e. The van der Waals surface area contributed by atoms with Crippen molar-refractivity contribution in [2.75, 3.05) is 29.9 Å². The third kappa shape index (κ3) is 3.93. The van der Waals surface area contributed by atoms with Crippen LogP contribution in [0.15, 0.2) is 42.6 Å². The predicted octanol–water partition coefficient (Wildman–Crippen LogP) is 1.95. The fraction of sp³-hybridized carbons (Fsp3) is 0.350. The Kier molecular flexibility index (Phi) is 5.02. The molecule has 0 saturated carbocycles. The highest BCUT2D eigenvalue weighted by Crippen LogP contribution is 2.29. The highest BCUT2D eigenvalue weighted by Gasteiger charge is 2.26. The number of anilines is 2. The van der Waals surface area contributed by atoms with Gasteiger partial charge in [-0.25, -0.2) is 4.98 Å². The number of ether oxygens (including phenoxy) is 1. The molecule has 1 aromatic heterocycles. The van der Waals surface area contributed by atoms with Gasteiger partial charge < -0.3 is 20.3 Å². The molecule has 3 heterocycles. The predicted molar refractivity (Wildman–Crippen MR) is 102 cm³/mol. The smallest absolute Gasteiger partial charge is 0.253 e. The Hall–Kier alpha value is -2.93. The molecule has 0 aliphatic carbocycles. The zero-order valence-corrected chi connectivity index (χ0v) is 15.0. The molecule has 0 spiro atoms. The van der Waals surface area contributed by atoms with Gasteiger partial charge in [0, 0.05) is 19.3 Å². The molecule has 1 aromatic carbocycles. The second kappa shape index (κ2) is 7.75. The highest BCUT2D eigenvalue weighted by atomic mass is 16.5. The number of hydrogen-bond donors (Lipinski definition) is 2. The van der Waals surface area contributed by atoms with E-state index in [4.69, 9.17) is 4.74 Å². The van der Waals surface area contributed by atoms with Crippen LogP contribution in [0.5, 0.6) is 0 Å². The summed E-state index contributed by atoms with van der Waals surface area (Å²) in [6, 6.07) is 11.5. The lowest BCUT2D eigenvalue weighted by Crippen LogP contribution is -2.40. The molecule has 27 heavy (non-hydrogen) atoms. The molecular formula is C20H22N4O3. The SMILES string of the molecule is O=C(NCC1CCCO1)c1cnc2c(c1)N(Cc1ccccc1)C(=O)CN2. The zero-order chi connectivity index (χ0) is 18.6. The van der Waals surface area contributed by atoms with Crippen molar-refractivity contribution in [3.8, 4) is 0 Å². The first-order valence-corrected chi connectivity index (χ1v) is 9.19. The number of aromatic nitrogens is 1. The first kappa shape index (κ1) is 17.5. The van der Waals surface area contributed by atoms with E-state index < -0.39 is 0 Å². The second-order valence-corrected chi connectivity index (χ2v) is 6.76. The van der Waals surface area contributed by atoms with E-state index >= 15 is 0 Å². The maximum absolute atomic E-state index is 12.5. The molecule has 1 fully saturated rings. The van der Waals surface area contributed by atoms with Gasteiger partial charge in [-0.1, -0.05) is 30.3 Å². The minimum atomic E-state index is -0.210. The van der Waals surface area contributed by atoms with Crippen LogP contribution < -0.4 is 15.5 Å². The lowest BCUT2D eigenvalue weighted by atomic mass is 10.1. The number of nitrogens with one attached hydrogen (secondary N) is 2. The van der Waals surface area contributed by atoms with Gasteiger partial charge in [0.1, 0.15) is 0 Å². The van der Waals surface area contributed by atoms with Crippen LogP contribution in [-0.4, -0.2) is 42.6 Å². The quantitative estimate of drug-likeness (QED) is 0.845. The van der Waals surface area contributed by atoms with Crippen molar-refractivity contribution in [2.24, 2.45) is 0 Å². The molecule has 4 rings (SSSR count). The molecule has 2 amide bonds. The van der Waals surface area contributed by atoms with E-state index in [9.17, 15) is 9.59 Å². The van der Waals surface area contributed by atoms with Crippen LogP contribution in [0.4, 0.5) is 11.5 Å². The van der Waals surface area contributed by atoms with E-state index in [2.05, 4.69) is 15.6 Å². The standard InChI is InChI=1S/C20H22N4O3/c25-18-12-22-19-17(24(18)13-14-5-2-1-3-6-14)9-15(10-21-19)20(26)23-11-16-7-4-8-27-16/h1-3,5-6,9-10,16H,4,7-8,11-13H2,(H,21,22)(H,23,26). The van der Waals surface area contributed by atoms with Crippen LogP contribution in [0.25, 0.3) is 0 Å². The molecule has 7 nitrogen and oxygen atoms in total. The Morgan fingerprint density at radius 3 is 2.96 bits per heavy atom. The summed E-state index contributed by atoms with van der Waals surface area (Å²) in [5.41, 5.74) is 2.08. The first-order chi connectivity index (χ1) is 13.2.